The zero-order chi connectivity index (χ0) is 12.9. The number of aryl methyl sites for hydroxylation is 1. The Morgan fingerprint density at radius 3 is 2.00 bits per heavy atom. The smallest absolute Gasteiger partial charge is 0.233 e. The van der Waals surface area contributed by atoms with Crippen LogP contribution in [0.1, 0.15) is 50.7 Å². The van der Waals surface area contributed by atoms with Crippen LogP contribution >= 0.6 is 0 Å². The summed E-state index contributed by atoms with van der Waals surface area (Å²) in [5.74, 6) is -0.934. The molecule has 1 aromatic heterocycles. The maximum atomic E-state index is 12.2. The Kier molecular flexibility index (Phi) is 5.41. The second-order valence-corrected chi connectivity index (χ2v) is 3.39. The molecule has 92 valence electrons. The number of halogens is 3. The molecule has 0 aromatic carbocycles. The number of rotatable bonds is 1. The van der Waals surface area contributed by atoms with Crippen molar-refractivity contribution >= 4 is 0 Å². The third kappa shape index (κ3) is 3.79. The number of nitrogens with zero attached hydrogens (tertiary/aromatic N) is 2. The summed E-state index contributed by atoms with van der Waals surface area (Å²) in [6.45, 7) is 9.34. The average Bonchev–Trinajstić information content (AvgIpc) is 2.18. The number of aromatic nitrogens is 2. The molecule has 0 saturated carbocycles. The molecule has 1 heterocycles. The Hall–Kier alpha value is -1.13. The van der Waals surface area contributed by atoms with Gasteiger partial charge in [-0.15, -0.1) is 0 Å². The molecule has 5 heteroatoms. The zero-order valence-corrected chi connectivity index (χ0v) is 10.2. The lowest BCUT2D eigenvalue weighted by Gasteiger charge is -2.10. The van der Waals surface area contributed by atoms with E-state index in [-0.39, 0.29) is 5.92 Å². The maximum absolute atomic E-state index is 12.2. The van der Waals surface area contributed by atoms with Gasteiger partial charge in [-0.2, -0.15) is 13.2 Å². The van der Waals surface area contributed by atoms with Crippen LogP contribution in [0, 0.1) is 6.92 Å². The van der Waals surface area contributed by atoms with Crippen molar-refractivity contribution in [2.24, 2.45) is 0 Å². The number of alkyl halides is 3. The summed E-state index contributed by atoms with van der Waals surface area (Å²) < 4.78 is 36.5. The molecule has 2 nitrogen and oxygen atoms in total. The van der Waals surface area contributed by atoms with Gasteiger partial charge < -0.3 is 0 Å². The van der Waals surface area contributed by atoms with Crippen molar-refractivity contribution in [2.45, 2.75) is 46.7 Å². The Morgan fingerprint density at radius 2 is 1.69 bits per heavy atom. The highest BCUT2D eigenvalue weighted by Gasteiger charge is 2.34. The Balaban J connectivity index is 0.00000106. The lowest BCUT2D eigenvalue weighted by molar-refractivity contribution is -0.145. The van der Waals surface area contributed by atoms with Crippen LogP contribution in [0.15, 0.2) is 6.20 Å². The van der Waals surface area contributed by atoms with Crippen LogP contribution in [0.25, 0.3) is 0 Å². The van der Waals surface area contributed by atoms with Crippen LogP contribution in [-0.2, 0) is 6.18 Å². The van der Waals surface area contributed by atoms with E-state index in [9.17, 15) is 13.2 Å². The van der Waals surface area contributed by atoms with Crippen molar-refractivity contribution in [3.8, 4) is 0 Å². The molecular formula is C11H17F3N2. The molecule has 16 heavy (non-hydrogen) atoms. The first-order valence-corrected chi connectivity index (χ1v) is 5.23. The normalized spacial score (nSPS) is 11.1. The van der Waals surface area contributed by atoms with Crippen LogP contribution in [0.5, 0.6) is 0 Å². The van der Waals surface area contributed by atoms with Crippen LogP contribution in [0.3, 0.4) is 0 Å². The maximum Gasteiger partial charge on any atom is 0.451 e. The molecule has 1 rings (SSSR count). The molecule has 0 fully saturated rings. The summed E-state index contributed by atoms with van der Waals surface area (Å²) in [6.07, 6.45) is -3.21. The first kappa shape index (κ1) is 14.9. The fourth-order valence-electron chi connectivity index (χ4n) is 1.18. The molecule has 0 saturated heterocycles. The first-order valence-electron chi connectivity index (χ1n) is 5.23. The van der Waals surface area contributed by atoms with Crippen molar-refractivity contribution in [1.82, 2.24) is 9.97 Å². The monoisotopic (exact) mass is 234 g/mol. The highest BCUT2D eigenvalue weighted by atomic mass is 19.4. The Labute approximate surface area is 93.9 Å². The fourth-order valence-corrected chi connectivity index (χ4v) is 1.18. The largest absolute Gasteiger partial charge is 0.451 e. The van der Waals surface area contributed by atoms with Gasteiger partial charge in [0, 0.05) is 11.9 Å². The quantitative estimate of drug-likeness (QED) is 0.735. The molecule has 0 amide bonds. The predicted molar refractivity (Wildman–Crippen MR) is 57.2 cm³/mol. The Morgan fingerprint density at radius 1 is 1.19 bits per heavy atom. The van der Waals surface area contributed by atoms with E-state index in [1.165, 1.54) is 6.20 Å². The summed E-state index contributed by atoms with van der Waals surface area (Å²) in [7, 11) is 0. The number of hydrogen-bond donors (Lipinski definition) is 0. The van der Waals surface area contributed by atoms with E-state index in [0.717, 1.165) is 5.56 Å². The molecule has 1 aromatic rings. The minimum absolute atomic E-state index is 0.136. The highest BCUT2D eigenvalue weighted by Crippen LogP contribution is 2.27. The van der Waals surface area contributed by atoms with E-state index in [1.807, 2.05) is 27.7 Å². The van der Waals surface area contributed by atoms with E-state index in [2.05, 4.69) is 9.97 Å². The first-order chi connectivity index (χ1) is 7.32. The third-order valence-corrected chi connectivity index (χ3v) is 1.89. The average molecular weight is 234 g/mol. The van der Waals surface area contributed by atoms with Gasteiger partial charge in [0.25, 0.3) is 0 Å². The van der Waals surface area contributed by atoms with Gasteiger partial charge in [-0.05, 0) is 18.4 Å². The van der Waals surface area contributed by atoms with Gasteiger partial charge in [0.2, 0.25) is 5.82 Å². The molecule has 0 unspecified atom stereocenters. The summed E-state index contributed by atoms with van der Waals surface area (Å²) in [6, 6.07) is 0. The molecule has 0 spiro atoms. The van der Waals surface area contributed by atoms with Gasteiger partial charge in [0.1, 0.15) is 0 Å². The molecule has 0 atom stereocenters. The van der Waals surface area contributed by atoms with E-state index < -0.39 is 12.0 Å². The minimum Gasteiger partial charge on any atom is -0.233 e. The van der Waals surface area contributed by atoms with E-state index in [4.69, 9.17) is 0 Å². The van der Waals surface area contributed by atoms with Crippen molar-refractivity contribution in [2.75, 3.05) is 0 Å². The molecule has 0 aliphatic rings. The fraction of sp³-hybridized carbons (Fsp3) is 0.636. The van der Waals surface area contributed by atoms with Gasteiger partial charge in [0.15, 0.2) is 0 Å². The van der Waals surface area contributed by atoms with Crippen LogP contribution in [0.4, 0.5) is 13.2 Å². The van der Waals surface area contributed by atoms with Crippen LogP contribution in [0.2, 0.25) is 0 Å². The second kappa shape index (κ2) is 5.82. The SMILES string of the molecule is CC.Cc1nc(C(F)(F)F)ncc1C(C)C. The predicted octanol–water partition coefficient (Wildman–Crippen LogP) is 3.95. The standard InChI is InChI=1S/C9H11F3N2.C2H6/c1-5(2)7-4-13-8(9(10,11)12)14-6(7)3;1-2/h4-5H,1-3H3;1-2H3. The van der Waals surface area contributed by atoms with Gasteiger partial charge in [-0.3, -0.25) is 0 Å². The summed E-state index contributed by atoms with van der Waals surface area (Å²) in [5.41, 5.74) is 1.14. The third-order valence-electron chi connectivity index (χ3n) is 1.89. The molecule has 0 radical (unpaired) electrons. The van der Waals surface area contributed by atoms with Crippen molar-refractivity contribution in [1.29, 1.82) is 0 Å². The van der Waals surface area contributed by atoms with Gasteiger partial charge in [0.05, 0.1) is 0 Å². The summed E-state index contributed by atoms with van der Waals surface area (Å²) in [5, 5.41) is 0. The van der Waals surface area contributed by atoms with E-state index >= 15 is 0 Å². The second-order valence-electron chi connectivity index (χ2n) is 3.39. The highest BCUT2D eigenvalue weighted by molar-refractivity contribution is 5.20. The molecular weight excluding hydrogens is 217 g/mol. The van der Waals surface area contributed by atoms with E-state index in [0.29, 0.717) is 5.69 Å². The molecule has 0 N–H and O–H groups in total. The van der Waals surface area contributed by atoms with E-state index in [1.54, 1.807) is 6.92 Å². The minimum atomic E-state index is -4.46. The lowest BCUT2D eigenvalue weighted by Crippen LogP contribution is -2.13. The summed E-state index contributed by atoms with van der Waals surface area (Å²) >= 11 is 0. The zero-order valence-electron chi connectivity index (χ0n) is 10.2. The molecule has 0 bridgehead atoms. The van der Waals surface area contributed by atoms with Crippen molar-refractivity contribution in [3.63, 3.8) is 0 Å². The topological polar surface area (TPSA) is 25.8 Å². The Bertz CT molecular complexity index is 332. The van der Waals surface area contributed by atoms with Gasteiger partial charge >= 0.3 is 6.18 Å². The van der Waals surface area contributed by atoms with Crippen molar-refractivity contribution in [3.05, 3.63) is 23.3 Å². The summed E-state index contributed by atoms with van der Waals surface area (Å²) in [4.78, 5) is 6.73. The lowest BCUT2D eigenvalue weighted by atomic mass is 10.0. The molecule has 0 aliphatic carbocycles. The van der Waals surface area contributed by atoms with Gasteiger partial charge in [-0.1, -0.05) is 27.7 Å². The molecule has 0 aliphatic heterocycles. The van der Waals surface area contributed by atoms with Gasteiger partial charge in [-0.25, -0.2) is 9.97 Å². The number of hydrogen-bond acceptors (Lipinski definition) is 2. The van der Waals surface area contributed by atoms with Crippen LogP contribution in [-0.4, -0.2) is 9.97 Å². The van der Waals surface area contributed by atoms with Crippen molar-refractivity contribution < 1.29 is 13.2 Å². The van der Waals surface area contributed by atoms with Crippen LogP contribution < -0.4 is 0 Å².